The molecule has 168 valence electrons. The number of hydrogen-bond donors (Lipinski definition) is 1. The first kappa shape index (κ1) is 21.2. The predicted molar refractivity (Wildman–Crippen MR) is 124 cm³/mol. The minimum absolute atomic E-state index is 0.0206. The van der Waals surface area contributed by atoms with Gasteiger partial charge in [0.05, 0.1) is 22.8 Å². The van der Waals surface area contributed by atoms with Crippen molar-refractivity contribution >= 4 is 5.91 Å². The molecule has 0 spiro atoms. The maximum atomic E-state index is 13.1. The Labute approximate surface area is 192 Å². The molecule has 0 bridgehead atoms. The summed E-state index contributed by atoms with van der Waals surface area (Å²) < 4.78 is 1.37. The largest absolute Gasteiger partial charge is 0.336 e. The molecule has 2 aromatic heterocycles. The quantitative estimate of drug-likeness (QED) is 0.670. The number of aromatic amines is 1. The summed E-state index contributed by atoms with van der Waals surface area (Å²) >= 11 is 0. The molecule has 1 aliphatic heterocycles. The van der Waals surface area contributed by atoms with E-state index in [9.17, 15) is 14.9 Å². The molecular formula is C25H26N6O2. The molecular weight excluding hydrogens is 416 g/mol. The number of amides is 1. The monoisotopic (exact) mass is 442 g/mol. The van der Waals surface area contributed by atoms with Gasteiger partial charge in [-0.3, -0.25) is 19.6 Å². The fraction of sp³-hybridized carbons (Fsp3) is 0.360. The lowest BCUT2D eigenvalue weighted by atomic mass is 9.95. The first-order valence-electron chi connectivity index (χ1n) is 11.3. The number of carbonyl (C=O) groups excluding carboxylic acids is 1. The van der Waals surface area contributed by atoms with Crippen LogP contribution in [0.4, 0.5) is 0 Å². The molecule has 1 saturated carbocycles. The van der Waals surface area contributed by atoms with Crippen molar-refractivity contribution < 1.29 is 4.79 Å². The van der Waals surface area contributed by atoms with Gasteiger partial charge in [-0.1, -0.05) is 6.07 Å². The van der Waals surface area contributed by atoms with Crippen molar-refractivity contribution in [1.82, 2.24) is 24.6 Å². The van der Waals surface area contributed by atoms with E-state index in [-0.39, 0.29) is 11.5 Å². The highest BCUT2D eigenvalue weighted by Crippen LogP contribution is 2.28. The Kier molecular flexibility index (Phi) is 5.35. The van der Waals surface area contributed by atoms with Gasteiger partial charge < -0.3 is 4.90 Å². The molecule has 0 radical (unpaired) electrons. The van der Waals surface area contributed by atoms with E-state index in [1.807, 2.05) is 18.7 Å². The van der Waals surface area contributed by atoms with Gasteiger partial charge in [0.2, 0.25) is 0 Å². The van der Waals surface area contributed by atoms with Gasteiger partial charge in [0.15, 0.2) is 5.82 Å². The smallest absolute Gasteiger partial charge is 0.280 e. The molecule has 33 heavy (non-hydrogen) atoms. The van der Waals surface area contributed by atoms with Crippen LogP contribution in [0.2, 0.25) is 0 Å². The first-order valence-corrected chi connectivity index (χ1v) is 11.3. The Morgan fingerprint density at radius 1 is 1.06 bits per heavy atom. The van der Waals surface area contributed by atoms with E-state index >= 15 is 0 Å². The molecule has 5 rings (SSSR count). The van der Waals surface area contributed by atoms with Crippen molar-refractivity contribution in [3.63, 3.8) is 0 Å². The van der Waals surface area contributed by atoms with Crippen LogP contribution in [0.25, 0.3) is 16.9 Å². The highest BCUT2D eigenvalue weighted by molar-refractivity contribution is 5.94. The molecule has 1 aromatic carbocycles. The molecule has 0 atom stereocenters. The summed E-state index contributed by atoms with van der Waals surface area (Å²) in [7, 11) is 0. The van der Waals surface area contributed by atoms with E-state index in [4.69, 9.17) is 0 Å². The minimum atomic E-state index is -0.231. The van der Waals surface area contributed by atoms with Crippen LogP contribution in [0, 0.1) is 25.2 Å². The molecule has 3 aromatic rings. The van der Waals surface area contributed by atoms with Crippen LogP contribution in [-0.2, 0) is 0 Å². The Balaban J connectivity index is 1.35. The second kappa shape index (κ2) is 8.34. The number of rotatable bonds is 4. The number of pyridine rings is 1. The van der Waals surface area contributed by atoms with Crippen LogP contribution in [0.1, 0.15) is 39.9 Å². The summed E-state index contributed by atoms with van der Waals surface area (Å²) in [6.45, 7) is 7.12. The highest BCUT2D eigenvalue weighted by atomic mass is 16.2. The van der Waals surface area contributed by atoms with Gasteiger partial charge in [-0.05, 0) is 61.6 Å². The number of hydrogen-bond acceptors (Lipinski definition) is 5. The summed E-state index contributed by atoms with van der Waals surface area (Å²) in [5.74, 6) is 0.400. The summed E-state index contributed by atoms with van der Waals surface area (Å²) in [6.07, 6.45) is 5.75. The van der Waals surface area contributed by atoms with Gasteiger partial charge in [0.25, 0.3) is 11.5 Å². The van der Waals surface area contributed by atoms with E-state index in [0.717, 1.165) is 48.9 Å². The van der Waals surface area contributed by atoms with Crippen LogP contribution >= 0.6 is 0 Å². The Morgan fingerprint density at radius 3 is 2.45 bits per heavy atom. The molecule has 3 heterocycles. The third-order valence-corrected chi connectivity index (χ3v) is 6.86. The van der Waals surface area contributed by atoms with Crippen LogP contribution in [0.15, 0.2) is 41.5 Å². The Morgan fingerprint density at radius 2 is 1.82 bits per heavy atom. The number of nitrogens with one attached hydrogen (secondary N) is 1. The maximum Gasteiger partial charge on any atom is 0.280 e. The van der Waals surface area contributed by atoms with E-state index < -0.39 is 0 Å². The molecule has 8 heteroatoms. The fourth-order valence-electron chi connectivity index (χ4n) is 4.52. The number of H-pyrrole nitrogens is 1. The maximum absolute atomic E-state index is 13.1. The second-order valence-corrected chi connectivity index (χ2v) is 8.81. The molecule has 1 amide bonds. The lowest BCUT2D eigenvalue weighted by Crippen LogP contribution is -2.49. The van der Waals surface area contributed by atoms with Crippen molar-refractivity contribution in [2.24, 2.45) is 0 Å². The SMILES string of the molecule is Cc1c(C#N)ccc(-c2c[nH]n(-c3ccc(C(=O)N4CCN(C5CC5)CC4)cn3)c2=O)c1C. The van der Waals surface area contributed by atoms with Crippen molar-refractivity contribution in [1.29, 1.82) is 5.26 Å². The topological polar surface area (TPSA) is 98.0 Å². The number of aromatic nitrogens is 3. The number of nitrogens with zero attached hydrogens (tertiary/aromatic N) is 5. The van der Waals surface area contributed by atoms with Gasteiger partial charge >= 0.3 is 0 Å². The van der Waals surface area contributed by atoms with Crippen LogP contribution < -0.4 is 5.56 Å². The summed E-state index contributed by atoms with van der Waals surface area (Å²) in [5, 5.41) is 12.2. The van der Waals surface area contributed by atoms with Crippen molar-refractivity contribution in [3.05, 3.63) is 69.3 Å². The molecule has 1 saturated heterocycles. The van der Waals surface area contributed by atoms with Crippen LogP contribution in [0.3, 0.4) is 0 Å². The van der Waals surface area contributed by atoms with Gasteiger partial charge in [0.1, 0.15) is 0 Å². The minimum Gasteiger partial charge on any atom is -0.336 e. The van der Waals surface area contributed by atoms with E-state index in [1.54, 1.807) is 30.5 Å². The van der Waals surface area contributed by atoms with Crippen molar-refractivity contribution in [2.45, 2.75) is 32.7 Å². The number of piperazine rings is 1. The number of benzene rings is 1. The van der Waals surface area contributed by atoms with Gasteiger partial charge in [-0.2, -0.15) is 5.26 Å². The lowest BCUT2D eigenvalue weighted by Gasteiger charge is -2.34. The molecule has 0 unspecified atom stereocenters. The third kappa shape index (κ3) is 3.85. The van der Waals surface area contributed by atoms with Gasteiger partial charge in [0, 0.05) is 44.6 Å². The zero-order valence-electron chi connectivity index (χ0n) is 18.8. The fourth-order valence-corrected chi connectivity index (χ4v) is 4.52. The standard InChI is InChI=1S/C25H26N6O2/c1-16-17(2)21(7-3-18(16)13-26)22-15-28-31(25(22)33)23-8-4-19(14-27-23)24(32)30-11-9-29(10-12-30)20-5-6-20/h3-4,7-8,14-15,20,28H,5-6,9-12H2,1-2H3. The molecule has 1 aliphatic carbocycles. The second-order valence-electron chi connectivity index (χ2n) is 8.81. The summed E-state index contributed by atoms with van der Waals surface area (Å²) in [5.41, 5.74) is 3.94. The van der Waals surface area contributed by atoms with E-state index in [1.165, 1.54) is 23.7 Å². The van der Waals surface area contributed by atoms with Crippen LogP contribution in [0.5, 0.6) is 0 Å². The summed E-state index contributed by atoms with van der Waals surface area (Å²) in [4.78, 5) is 34.7. The van der Waals surface area contributed by atoms with Gasteiger partial charge in [-0.25, -0.2) is 9.67 Å². The zero-order chi connectivity index (χ0) is 23.1. The highest BCUT2D eigenvalue weighted by Gasteiger charge is 2.32. The molecule has 2 aliphatic rings. The van der Waals surface area contributed by atoms with Crippen molar-refractivity contribution in [3.8, 4) is 23.0 Å². The summed E-state index contributed by atoms with van der Waals surface area (Å²) in [6, 6.07) is 9.84. The first-order chi connectivity index (χ1) is 16.0. The normalized spacial score (nSPS) is 16.6. The third-order valence-electron chi connectivity index (χ3n) is 6.86. The Bertz CT molecular complexity index is 1300. The molecule has 1 N–H and O–H groups in total. The lowest BCUT2D eigenvalue weighted by molar-refractivity contribution is 0.0627. The number of nitriles is 1. The van der Waals surface area contributed by atoms with Crippen LogP contribution in [-0.4, -0.2) is 62.7 Å². The average Bonchev–Trinajstić information content (AvgIpc) is 3.63. The van der Waals surface area contributed by atoms with Gasteiger partial charge in [-0.15, -0.1) is 0 Å². The zero-order valence-corrected chi connectivity index (χ0v) is 18.8. The van der Waals surface area contributed by atoms with E-state index in [2.05, 4.69) is 21.1 Å². The predicted octanol–water partition coefficient (Wildman–Crippen LogP) is 2.64. The average molecular weight is 443 g/mol. The molecule has 2 fully saturated rings. The van der Waals surface area contributed by atoms with Crippen molar-refractivity contribution in [2.75, 3.05) is 26.2 Å². The number of carbonyl (C=O) groups is 1. The van der Waals surface area contributed by atoms with E-state index in [0.29, 0.717) is 22.5 Å². The molecule has 8 nitrogen and oxygen atoms in total. The Hall–Kier alpha value is -3.70.